The van der Waals surface area contributed by atoms with E-state index in [0.29, 0.717) is 32.1 Å². The molecule has 1 aliphatic rings. The monoisotopic (exact) mass is 383 g/mol. The number of ether oxygens (including phenoxy) is 2. The SMILES string of the molecule is O=S(=O)(c1cc(Cl)cc(OCc2ccc(O)cc2)c1)N1CCOCC1. The van der Waals surface area contributed by atoms with E-state index >= 15 is 0 Å². The highest BCUT2D eigenvalue weighted by atomic mass is 35.5. The Morgan fingerprint density at radius 2 is 1.80 bits per heavy atom. The standard InChI is InChI=1S/C17H18ClNO5S/c18-14-9-16(24-12-13-1-3-15(20)4-2-13)11-17(10-14)25(21,22)19-5-7-23-8-6-19/h1-4,9-11,20H,5-8,12H2. The van der Waals surface area contributed by atoms with Gasteiger partial charge in [-0.1, -0.05) is 23.7 Å². The molecule has 1 aliphatic heterocycles. The van der Waals surface area contributed by atoms with E-state index < -0.39 is 10.0 Å². The topological polar surface area (TPSA) is 76.1 Å². The van der Waals surface area contributed by atoms with Gasteiger partial charge in [-0.15, -0.1) is 0 Å². The zero-order chi connectivity index (χ0) is 17.9. The molecule has 25 heavy (non-hydrogen) atoms. The average Bonchev–Trinajstić information content (AvgIpc) is 2.61. The first-order chi connectivity index (χ1) is 11.9. The van der Waals surface area contributed by atoms with Gasteiger partial charge in [0.1, 0.15) is 18.1 Å². The van der Waals surface area contributed by atoms with Gasteiger partial charge in [-0.05, 0) is 29.8 Å². The quantitative estimate of drug-likeness (QED) is 0.859. The fourth-order valence-corrected chi connectivity index (χ4v) is 4.22. The minimum Gasteiger partial charge on any atom is -0.508 e. The van der Waals surface area contributed by atoms with Crippen LogP contribution in [0.3, 0.4) is 0 Å². The highest BCUT2D eigenvalue weighted by Gasteiger charge is 2.27. The number of nitrogens with zero attached hydrogens (tertiary/aromatic N) is 1. The van der Waals surface area contributed by atoms with E-state index in [9.17, 15) is 13.5 Å². The molecule has 0 amide bonds. The van der Waals surface area contributed by atoms with Crippen molar-refractivity contribution in [1.29, 1.82) is 0 Å². The van der Waals surface area contributed by atoms with Crippen LogP contribution in [0, 0.1) is 0 Å². The zero-order valence-electron chi connectivity index (χ0n) is 13.4. The molecule has 0 aromatic heterocycles. The number of rotatable bonds is 5. The molecule has 8 heteroatoms. The Labute approximate surface area is 151 Å². The normalized spacial score (nSPS) is 15.9. The molecule has 0 radical (unpaired) electrons. The summed E-state index contributed by atoms with van der Waals surface area (Å²) in [5.74, 6) is 0.540. The van der Waals surface area contributed by atoms with Crippen molar-refractivity contribution in [3.05, 3.63) is 53.1 Å². The van der Waals surface area contributed by atoms with Crippen LogP contribution in [0.25, 0.3) is 0 Å². The number of hydrogen-bond donors (Lipinski definition) is 1. The van der Waals surface area contributed by atoms with Crippen molar-refractivity contribution in [1.82, 2.24) is 4.31 Å². The molecule has 0 aliphatic carbocycles. The zero-order valence-corrected chi connectivity index (χ0v) is 15.0. The third kappa shape index (κ3) is 4.43. The van der Waals surface area contributed by atoms with Gasteiger partial charge in [0.15, 0.2) is 0 Å². The van der Waals surface area contributed by atoms with Crippen LogP contribution in [-0.2, 0) is 21.4 Å². The summed E-state index contributed by atoms with van der Waals surface area (Å²) in [6.45, 7) is 1.63. The molecule has 0 bridgehead atoms. The Morgan fingerprint density at radius 3 is 2.48 bits per heavy atom. The fraction of sp³-hybridized carbons (Fsp3) is 0.294. The van der Waals surface area contributed by atoms with Crippen LogP contribution < -0.4 is 4.74 Å². The van der Waals surface area contributed by atoms with Crippen LogP contribution in [0.15, 0.2) is 47.4 Å². The Morgan fingerprint density at radius 1 is 1.12 bits per heavy atom. The first-order valence-electron chi connectivity index (χ1n) is 7.74. The molecule has 2 aromatic carbocycles. The Bertz CT molecular complexity index is 833. The molecule has 6 nitrogen and oxygen atoms in total. The Balaban J connectivity index is 1.79. The maximum absolute atomic E-state index is 12.7. The van der Waals surface area contributed by atoms with Crippen LogP contribution in [0.4, 0.5) is 0 Å². The summed E-state index contributed by atoms with van der Waals surface area (Å²) < 4.78 is 37.7. The molecule has 1 heterocycles. The van der Waals surface area contributed by atoms with Gasteiger partial charge in [0, 0.05) is 24.2 Å². The van der Waals surface area contributed by atoms with Crippen molar-refractivity contribution in [2.75, 3.05) is 26.3 Å². The first-order valence-corrected chi connectivity index (χ1v) is 9.56. The van der Waals surface area contributed by atoms with E-state index in [2.05, 4.69) is 0 Å². The molecule has 0 unspecified atom stereocenters. The molecule has 3 rings (SSSR count). The smallest absolute Gasteiger partial charge is 0.243 e. The Kier molecular flexibility index (Phi) is 5.48. The number of phenols is 1. The highest BCUT2D eigenvalue weighted by Crippen LogP contribution is 2.27. The van der Waals surface area contributed by atoms with Crippen molar-refractivity contribution in [2.45, 2.75) is 11.5 Å². The number of sulfonamides is 1. The van der Waals surface area contributed by atoms with E-state index in [-0.39, 0.29) is 22.3 Å². The second kappa shape index (κ2) is 7.61. The second-order valence-electron chi connectivity index (χ2n) is 5.59. The third-order valence-corrected chi connectivity index (χ3v) is 5.89. The van der Waals surface area contributed by atoms with Crippen LogP contribution >= 0.6 is 11.6 Å². The fourth-order valence-electron chi connectivity index (χ4n) is 2.46. The van der Waals surface area contributed by atoms with Crippen molar-refractivity contribution in [3.63, 3.8) is 0 Å². The minimum atomic E-state index is -3.64. The molecular weight excluding hydrogens is 366 g/mol. The summed E-state index contributed by atoms with van der Waals surface area (Å²) in [6, 6.07) is 11.0. The van der Waals surface area contributed by atoms with E-state index in [0.717, 1.165) is 5.56 Å². The van der Waals surface area contributed by atoms with E-state index in [1.165, 1.54) is 16.4 Å². The summed E-state index contributed by atoms with van der Waals surface area (Å²) in [5.41, 5.74) is 0.843. The summed E-state index contributed by atoms with van der Waals surface area (Å²) in [7, 11) is -3.64. The molecule has 2 aromatic rings. The van der Waals surface area contributed by atoms with Crippen LogP contribution in [0.5, 0.6) is 11.5 Å². The van der Waals surface area contributed by atoms with Gasteiger partial charge >= 0.3 is 0 Å². The lowest BCUT2D eigenvalue weighted by Crippen LogP contribution is -2.40. The summed E-state index contributed by atoms with van der Waals surface area (Å²) >= 11 is 6.08. The maximum atomic E-state index is 12.7. The summed E-state index contributed by atoms with van der Waals surface area (Å²) in [4.78, 5) is 0.0996. The molecule has 0 spiro atoms. The van der Waals surface area contributed by atoms with E-state index in [1.54, 1.807) is 30.3 Å². The highest BCUT2D eigenvalue weighted by molar-refractivity contribution is 7.89. The van der Waals surface area contributed by atoms with E-state index in [1.807, 2.05) is 0 Å². The molecular formula is C17H18ClNO5S. The average molecular weight is 384 g/mol. The molecule has 1 fully saturated rings. The number of morpholine rings is 1. The van der Waals surface area contributed by atoms with Gasteiger partial charge in [-0.3, -0.25) is 0 Å². The summed E-state index contributed by atoms with van der Waals surface area (Å²) in [6.07, 6.45) is 0. The van der Waals surface area contributed by atoms with Crippen molar-refractivity contribution in [2.24, 2.45) is 0 Å². The lowest BCUT2D eigenvalue weighted by Gasteiger charge is -2.26. The van der Waals surface area contributed by atoms with Gasteiger partial charge < -0.3 is 14.6 Å². The van der Waals surface area contributed by atoms with Gasteiger partial charge in [-0.25, -0.2) is 8.42 Å². The third-order valence-electron chi connectivity index (χ3n) is 3.79. The molecule has 134 valence electrons. The predicted octanol–water partition coefficient (Wildman–Crippen LogP) is 2.65. The molecule has 1 N–H and O–H groups in total. The lowest BCUT2D eigenvalue weighted by molar-refractivity contribution is 0.0730. The first kappa shape index (κ1) is 18.0. The van der Waals surface area contributed by atoms with Crippen molar-refractivity contribution < 1.29 is 23.0 Å². The van der Waals surface area contributed by atoms with Crippen molar-refractivity contribution >= 4 is 21.6 Å². The van der Waals surface area contributed by atoms with Crippen LogP contribution in [0.2, 0.25) is 5.02 Å². The largest absolute Gasteiger partial charge is 0.508 e. The second-order valence-corrected chi connectivity index (χ2v) is 7.97. The summed E-state index contributed by atoms with van der Waals surface area (Å²) in [5, 5.41) is 9.58. The number of phenolic OH excluding ortho intramolecular Hbond substituents is 1. The molecule has 0 atom stereocenters. The lowest BCUT2D eigenvalue weighted by atomic mass is 10.2. The van der Waals surface area contributed by atoms with Gasteiger partial charge in [-0.2, -0.15) is 4.31 Å². The predicted molar refractivity (Wildman–Crippen MR) is 93.5 cm³/mol. The van der Waals surface area contributed by atoms with Crippen molar-refractivity contribution in [3.8, 4) is 11.5 Å². The molecule has 0 saturated carbocycles. The minimum absolute atomic E-state index is 0.0996. The number of aromatic hydroxyl groups is 1. The Hall–Kier alpha value is -1.80. The van der Waals surface area contributed by atoms with Gasteiger partial charge in [0.05, 0.1) is 18.1 Å². The number of hydrogen-bond acceptors (Lipinski definition) is 5. The van der Waals surface area contributed by atoms with Gasteiger partial charge in [0.25, 0.3) is 0 Å². The molecule has 1 saturated heterocycles. The number of benzene rings is 2. The van der Waals surface area contributed by atoms with Crippen LogP contribution in [0.1, 0.15) is 5.56 Å². The van der Waals surface area contributed by atoms with Crippen LogP contribution in [-0.4, -0.2) is 44.1 Å². The maximum Gasteiger partial charge on any atom is 0.243 e. The van der Waals surface area contributed by atoms with Gasteiger partial charge in [0.2, 0.25) is 10.0 Å². The number of halogens is 1. The van der Waals surface area contributed by atoms with E-state index in [4.69, 9.17) is 21.1 Å².